The summed E-state index contributed by atoms with van der Waals surface area (Å²) in [6.45, 7) is 4.61. The minimum Gasteiger partial charge on any atom is -0.508 e. The van der Waals surface area contributed by atoms with E-state index < -0.39 is 12.1 Å². The van der Waals surface area contributed by atoms with Gasteiger partial charge in [-0.2, -0.15) is 0 Å². The van der Waals surface area contributed by atoms with Gasteiger partial charge in [0.25, 0.3) is 0 Å². The lowest BCUT2D eigenvalue weighted by Gasteiger charge is -2.11. The molecular weight excluding hydrogens is 244 g/mol. The number of hydrogen-bond acceptors (Lipinski definition) is 3. The highest BCUT2D eigenvalue weighted by Crippen LogP contribution is 2.31. The van der Waals surface area contributed by atoms with Gasteiger partial charge < -0.3 is 15.3 Å². The molecule has 0 saturated heterocycles. The Kier molecular flexibility index (Phi) is 5.09. The van der Waals surface area contributed by atoms with E-state index in [0.29, 0.717) is 5.56 Å². The molecular formula is C15H16O4. The molecule has 1 atom stereocenters. The fourth-order valence-electron chi connectivity index (χ4n) is 1.72. The summed E-state index contributed by atoms with van der Waals surface area (Å²) in [7, 11) is 0. The van der Waals surface area contributed by atoms with Crippen molar-refractivity contribution in [1.29, 1.82) is 0 Å². The van der Waals surface area contributed by atoms with Crippen molar-refractivity contribution >= 4 is 16.7 Å². The van der Waals surface area contributed by atoms with Crippen LogP contribution in [0.5, 0.6) is 5.75 Å². The van der Waals surface area contributed by atoms with Gasteiger partial charge in [-0.15, -0.1) is 0 Å². The maximum absolute atomic E-state index is 9.62. The Morgan fingerprint density at radius 2 is 1.84 bits per heavy atom. The van der Waals surface area contributed by atoms with E-state index in [0.717, 1.165) is 16.8 Å². The number of carboxylic acid groups (broad SMARTS) is 1. The van der Waals surface area contributed by atoms with Crippen LogP contribution in [0.2, 0.25) is 0 Å². The van der Waals surface area contributed by atoms with E-state index in [9.17, 15) is 15.0 Å². The van der Waals surface area contributed by atoms with E-state index in [-0.39, 0.29) is 5.75 Å². The van der Waals surface area contributed by atoms with Crippen molar-refractivity contribution in [2.75, 3.05) is 0 Å². The molecule has 0 aromatic heterocycles. The number of aliphatic carboxylic acids is 1. The molecule has 0 aliphatic rings. The molecule has 100 valence electrons. The third kappa shape index (κ3) is 3.82. The van der Waals surface area contributed by atoms with Gasteiger partial charge in [-0.25, -0.2) is 4.79 Å². The molecule has 0 saturated carbocycles. The zero-order valence-electron chi connectivity index (χ0n) is 10.6. The summed E-state index contributed by atoms with van der Waals surface area (Å²) >= 11 is 0. The standard InChI is InChI=1S/C12H12O2.C3H4O2/c1-8(13)12-10-5-3-2-4-9(10)6-7-11(12)14;1-2-3(4)5/h2-8,13-14H,1H3;2H,1H2,(H,4,5). The zero-order valence-corrected chi connectivity index (χ0v) is 10.6. The Morgan fingerprint density at radius 3 is 2.37 bits per heavy atom. The van der Waals surface area contributed by atoms with Crippen molar-refractivity contribution in [2.45, 2.75) is 13.0 Å². The highest BCUT2D eigenvalue weighted by molar-refractivity contribution is 5.87. The number of rotatable bonds is 2. The second-order valence-electron chi connectivity index (χ2n) is 3.94. The lowest BCUT2D eigenvalue weighted by atomic mass is 10.0. The van der Waals surface area contributed by atoms with Crippen LogP contribution in [0.15, 0.2) is 49.1 Å². The molecule has 1 unspecified atom stereocenters. The van der Waals surface area contributed by atoms with Gasteiger partial charge in [-0.3, -0.25) is 0 Å². The largest absolute Gasteiger partial charge is 0.508 e. The number of phenolic OH excluding ortho intramolecular Hbond substituents is 1. The topological polar surface area (TPSA) is 77.8 Å². The Labute approximate surface area is 111 Å². The van der Waals surface area contributed by atoms with Crippen LogP contribution in [-0.4, -0.2) is 21.3 Å². The van der Waals surface area contributed by atoms with Gasteiger partial charge in [-0.1, -0.05) is 36.9 Å². The molecule has 3 N–H and O–H groups in total. The number of carbonyl (C=O) groups is 1. The average Bonchev–Trinajstić information content (AvgIpc) is 2.38. The second-order valence-corrected chi connectivity index (χ2v) is 3.94. The zero-order chi connectivity index (χ0) is 14.4. The Bertz CT molecular complexity index is 588. The van der Waals surface area contributed by atoms with Crippen LogP contribution >= 0.6 is 0 Å². The third-order valence-corrected chi connectivity index (χ3v) is 2.54. The highest BCUT2D eigenvalue weighted by atomic mass is 16.4. The van der Waals surface area contributed by atoms with Crippen molar-refractivity contribution < 1.29 is 20.1 Å². The molecule has 2 aromatic carbocycles. The quantitative estimate of drug-likeness (QED) is 0.725. The Balaban J connectivity index is 0.000000312. The molecule has 0 aliphatic carbocycles. The molecule has 4 heteroatoms. The maximum Gasteiger partial charge on any atom is 0.327 e. The van der Waals surface area contributed by atoms with Crippen molar-refractivity contribution in [3.8, 4) is 5.75 Å². The lowest BCUT2D eigenvalue weighted by molar-refractivity contribution is -0.131. The smallest absolute Gasteiger partial charge is 0.327 e. The molecule has 0 heterocycles. The number of aliphatic hydroxyl groups excluding tert-OH is 1. The molecule has 0 fully saturated rings. The molecule has 2 aromatic rings. The van der Waals surface area contributed by atoms with Crippen LogP contribution in [0.1, 0.15) is 18.6 Å². The summed E-state index contributed by atoms with van der Waals surface area (Å²) in [6.07, 6.45) is 0.182. The molecule has 0 bridgehead atoms. The van der Waals surface area contributed by atoms with Crippen molar-refractivity contribution in [1.82, 2.24) is 0 Å². The average molecular weight is 260 g/mol. The molecule has 0 amide bonds. The van der Waals surface area contributed by atoms with E-state index in [1.54, 1.807) is 13.0 Å². The van der Waals surface area contributed by atoms with Gasteiger partial charge in [-0.05, 0) is 23.8 Å². The van der Waals surface area contributed by atoms with Crippen LogP contribution in [0, 0.1) is 0 Å². The van der Waals surface area contributed by atoms with Crippen molar-refractivity contribution in [3.63, 3.8) is 0 Å². The first-order chi connectivity index (χ1) is 8.97. The number of phenols is 1. The summed E-state index contributed by atoms with van der Waals surface area (Å²) < 4.78 is 0. The first kappa shape index (κ1) is 14.7. The lowest BCUT2D eigenvalue weighted by Crippen LogP contribution is -1.93. The number of aromatic hydroxyl groups is 1. The van der Waals surface area contributed by atoms with Crippen LogP contribution in [-0.2, 0) is 4.79 Å². The van der Waals surface area contributed by atoms with Crippen molar-refractivity contribution in [2.24, 2.45) is 0 Å². The molecule has 2 rings (SSSR count). The van der Waals surface area contributed by atoms with Crippen LogP contribution in [0.25, 0.3) is 10.8 Å². The predicted octanol–water partition coefficient (Wildman–Crippen LogP) is 2.86. The summed E-state index contributed by atoms with van der Waals surface area (Å²) in [6, 6.07) is 11.2. The van der Waals surface area contributed by atoms with Gasteiger partial charge in [0.2, 0.25) is 0 Å². The van der Waals surface area contributed by atoms with Gasteiger partial charge in [0.05, 0.1) is 6.10 Å². The SMILES string of the molecule is C=CC(=O)O.CC(O)c1c(O)ccc2ccccc12. The minimum absolute atomic E-state index is 0.152. The first-order valence-electron chi connectivity index (χ1n) is 5.71. The van der Waals surface area contributed by atoms with E-state index in [4.69, 9.17) is 5.11 Å². The molecule has 0 aliphatic heterocycles. The van der Waals surface area contributed by atoms with Crippen LogP contribution in [0.4, 0.5) is 0 Å². The van der Waals surface area contributed by atoms with E-state index in [1.807, 2.05) is 30.3 Å². The van der Waals surface area contributed by atoms with E-state index in [2.05, 4.69) is 6.58 Å². The monoisotopic (exact) mass is 260 g/mol. The predicted molar refractivity (Wildman–Crippen MR) is 74.1 cm³/mol. The normalized spacial score (nSPS) is 11.3. The Hall–Kier alpha value is -2.33. The minimum atomic E-state index is -0.981. The summed E-state index contributed by atoms with van der Waals surface area (Å²) in [5, 5.41) is 28.7. The van der Waals surface area contributed by atoms with E-state index in [1.165, 1.54) is 0 Å². The van der Waals surface area contributed by atoms with Crippen molar-refractivity contribution in [3.05, 3.63) is 54.6 Å². The van der Waals surface area contributed by atoms with Gasteiger partial charge in [0.1, 0.15) is 5.75 Å². The summed E-state index contributed by atoms with van der Waals surface area (Å²) in [5.41, 5.74) is 0.600. The third-order valence-electron chi connectivity index (χ3n) is 2.54. The molecule has 4 nitrogen and oxygen atoms in total. The summed E-state index contributed by atoms with van der Waals surface area (Å²) in [4.78, 5) is 9.25. The number of aliphatic hydroxyl groups is 1. The van der Waals surface area contributed by atoms with Gasteiger partial charge in [0.15, 0.2) is 0 Å². The second kappa shape index (κ2) is 6.56. The highest BCUT2D eigenvalue weighted by Gasteiger charge is 2.10. The van der Waals surface area contributed by atoms with Crippen LogP contribution in [0.3, 0.4) is 0 Å². The fourth-order valence-corrected chi connectivity index (χ4v) is 1.72. The molecule has 0 spiro atoms. The summed E-state index contributed by atoms with van der Waals surface area (Å²) in [5.74, 6) is -0.830. The van der Waals surface area contributed by atoms with E-state index >= 15 is 0 Å². The molecule has 0 radical (unpaired) electrons. The number of hydrogen-bond donors (Lipinski definition) is 3. The number of fused-ring (bicyclic) bond motifs is 1. The molecule has 19 heavy (non-hydrogen) atoms. The maximum atomic E-state index is 9.62. The Morgan fingerprint density at radius 1 is 1.26 bits per heavy atom. The first-order valence-corrected chi connectivity index (χ1v) is 5.71. The fraction of sp³-hybridized carbons (Fsp3) is 0.133. The van der Waals surface area contributed by atoms with Crippen LogP contribution < -0.4 is 0 Å². The number of benzene rings is 2. The van der Waals surface area contributed by atoms with Gasteiger partial charge >= 0.3 is 5.97 Å². The number of carboxylic acids is 1. The van der Waals surface area contributed by atoms with Gasteiger partial charge in [0, 0.05) is 11.6 Å².